The van der Waals surface area contributed by atoms with E-state index in [4.69, 9.17) is 14.2 Å². The van der Waals surface area contributed by atoms with Crippen LogP contribution < -0.4 is 16.0 Å². The first kappa shape index (κ1) is 80.0. The summed E-state index contributed by atoms with van der Waals surface area (Å²) in [5.41, 5.74) is 0.00793. The van der Waals surface area contributed by atoms with Gasteiger partial charge in [0.1, 0.15) is 17.8 Å². The molecule has 0 bridgehead atoms. The standard InChI is InChI=1S/C52H103N3O5.C19H30N2O3/c1-12-15-24-32-45(4)33-31-34-46(5)38-39-48(56)53-40-28-21-18-25-35-47(36-26-19-22-29-43-54(41-16-13-2)49(57)59-51(6,7)8)37-27-20-23-30-44-55(42-17-14-3)50(58)60-52(9,10)11;1-15(2)13-16(3)9-10-18(22)20-11-12-21-19(23)24-14-17-7-5-4-6-8-17/h45-47H,12-44H2,1-11H3,(H,53,56);4-8,15-16H,9-14H2,1-3H3,(H,20,22)(H,21,23). The maximum Gasteiger partial charge on any atom is 0.410 e. The number of unbranched alkanes of at least 4 members (excludes halogenated alkanes) is 13. The Morgan fingerprint density at radius 1 is 0.440 bits per heavy atom. The summed E-state index contributed by atoms with van der Waals surface area (Å²) < 4.78 is 16.5. The maximum atomic E-state index is 12.8. The molecule has 84 heavy (non-hydrogen) atoms. The second-order valence-corrected chi connectivity index (χ2v) is 27.3. The van der Waals surface area contributed by atoms with Gasteiger partial charge < -0.3 is 40.0 Å². The molecular weight excluding hydrogens is 1050 g/mol. The first-order chi connectivity index (χ1) is 40.0. The van der Waals surface area contributed by atoms with Crippen molar-refractivity contribution < 1.29 is 38.2 Å². The molecule has 0 saturated heterocycles. The number of carbonyl (C=O) groups excluding carboxylic acids is 5. The van der Waals surface area contributed by atoms with Crippen molar-refractivity contribution in [2.75, 3.05) is 45.8 Å². The van der Waals surface area contributed by atoms with Gasteiger partial charge in [0.15, 0.2) is 0 Å². The molecule has 3 unspecified atom stereocenters. The summed E-state index contributed by atoms with van der Waals surface area (Å²) in [5, 5.41) is 8.63. The number of benzene rings is 1. The fourth-order valence-corrected chi connectivity index (χ4v) is 10.5. The Morgan fingerprint density at radius 2 is 0.845 bits per heavy atom. The third-order valence-electron chi connectivity index (χ3n) is 15.5. The normalized spacial score (nSPS) is 12.7. The number of hydrogen-bond acceptors (Lipinski definition) is 8. The molecule has 0 aliphatic heterocycles. The van der Waals surface area contributed by atoms with Gasteiger partial charge in [-0.1, -0.05) is 221 Å². The van der Waals surface area contributed by atoms with Crippen LogP contribution in [0.1, 0.15) is 302 Å². The highest BCUT2D eigenvalue weighted by atomic mass is 16.6. The summed E-state index contributed by atoms with van der Waals surface area (Å²) in [4.78, 5) is 65.2. The first-order valence-electron chi connectivity index (χ1n) is 34.4. The van der Waals surface area contributed by atoms with E-state index in [0.29, 0.717) is 43.7 Å². The molecular formula is C71H133N5O8. The topological polar surface area (TPSA) is 156 Å². The second-order valence-electron chi connectivity index (χ2n) is 27.3. The van der Waals surface area contributed by atoms with Crippen LogP contribution in [0, 0.1) is 29.6 Å². The SMILES string of the molecule is CC(C)CC(C)CCC(=O)NCCNC(=O)OCc1ccccc1.CCCCCC(C)CCCC(C)CCC(=O)NCCCCCCC(CCCCCCN(CCCC)C(=O)OC(C)(C)C)CCCCCCN(CCCC)C(=O)OC(C)(C)C. The molecule has 0 aliphatic carbocycles. The van der Waals surface area contributed by atoms with Crippen LogP contribution in [0.4, 0.5) is 14.4 Å². The smallest absolute Gasteiger partial charge is 0.410 e. The van der Waals surface area contributed by atoms with Gasteiger partial charge in [0.05, 0.1) is 0 Å². The third kappa shape index (κ3) is 51.2. The van der Waals surface area contributed by atoms with Crippen molar-refractivity contribution in [1.82, 2.24) is 25.8 Å². The zero-order valence-corrected chi connectivity index (χ0v) is 57.0. The summed E-state index contributed by atoms with van der Waals surface area (Å²) in [6.07, 6.45) is 34.7. The second kappa shape index (κ2) is 51.1. The highest BCUT2D eigenvalue weighted by Crippen LogP contribution is 2.26. The highest BCUT2D eigenvalue weighted by Gasteiger charge is 2.23. The Balaban J connectivity index is 0.00000237. The van der Waals surface area contributed by atoms with Gasteiger partial charge in [-0.2, -0.15) is 0 Å². The summed E-state index contributed by atoms with van der Waals surface area (Å²) in [6, 6.07) is 9.50. The molecule has 490 valence electrons. The molecule has 0 saturated carbocycles. The van der Waals surface area contributed by atoms with E-state index in [1.54, 1.807) is 0 Å². The number of alkyl carbamates (subject to hydrolysis) is 1. The van der Waals surface area contributed by atoms with Gasteiger partial charge >= 0.3 is 18.3 Å². The molecule has 0 heterocycles. The highest BCUT2D eigenvalue weighted by molar-refractivity contribution is 5.76. The number of rotatable bonds is 48. The molecule has 0 aromatic heterocycles. The van der Waals surface area contributed by atoms with E-state index in [1.807, 2.05) is 81.7 Å². The predicted molar refractivity (Wildman–Crippen MR) is 352 cm³/mol. The Bertz CT molecular complexity index is 1710. The van der Waals surface area contributed by atoms with Crippen molar-refractivity contribution in [3.8, 4) is 0 Å². The van der Waals surface area contributed by atoms with Crippen LogP contribution in [0.2, 0.25) is 0 Å². The van der Waals surface area contributed by atoms with E-state index in [9.17, 15) is 24.0 Å². The van der Waals surface area contributed by atoms with Gasteiger partial charge in [0.2, 0.25) is 11.8 Å². The molecule has 0 radical (unpaired) electrons. The van der Waals surface area contributed by atoms with Crippen molar-refractivity contribution >= 4 is 30.1 Å². The van der Waals surface area contributed by atoms with Gasteiger partial charge in [-0.3, -0.25) is 9.59 Å². The van der Waals surface area contributed by atoms with Crippen LogP contribution in [0.3, 0.4) is 0 Å². The van der Waals surface area contributed by atoms with Crippen molar-refractivity contribution in [1.29, 1.82) is 0 Å². The van der Waals surface area contributed by atoms with Crippen LogP contribution in [0.15, 0.2) is 30.3 Å². The van der Waals surface area contributed by atoms with Crippen molar-refractivity contribution in [3.63, 3.8) is 0 Å². The van der Waals surface area contributed by atoms with E-state index in [-0.39, 0.29) is 30.6 Å². The third-order valence-corrected chi connectivity index (χ3v) is 15.5. The summed E-state index contributed by atoms with van der Waals surface area (Å²) >= 11 is 0. The average Bonchev–Trinajstić information content (AvgIpc) is 3.45. The van der Waals surface area contributed by atoms with E-state index in [1.165, 1.54) is 109 Å². The van der Waals surface area contributed by atoms with E-state index in [2.05, 4.69) is 71.3 Å². The van der Waals surface area contributed by atoms with Crippen LogP contribution >= 0.6 is 0 Å². The lowest BCUT2D eigenvalue weighted by Crippen LogP contribution is -2.38. The van der Waals surface area contributed by atoms with Gasteiger partial charge in [-0.05, 0) is 128 Å². The minimum absolute atomic E-state index is 0.0325. The number of amides is 5. The Morgan fingerprint density at radius 3 is 1.32 bits per heavy atom. The van der Waals surface area contributed by atoms with Gasteiger partial charge in [-0.15, -0.1) is 0 Å². The molecule has 13 nitrogen and oxygen atoms in total. The number of ether oxygens (including phenoxy) is 3. The Hall–Kier alpha value is -4.03. The van der Waals surface area contributed by atoms with Crippen molar-refractivity contribution in [3.05, 3.63) is 35.9 Å². The zero-order valence-electron chi connectivity index (χ0n) is 57.0. The molecule has 1 aromatic carbocycles. The maximum absolute atomic E-state index is 12.8. The number of carbonyl (C=O) groups is 5. The lowest BCUT2D eigenvalue weighted by atomic mass is 9.89. The van der Waals surface area contributed by atoms with Gasteiger partial charge in [0.25, 0.3) is 0 Å². The molecule has 3 atom stereocenters. The molecule has 0 aliphatic rings. The monoisotopic (exact) mass is 1180 g/mol. The first-order valence-corrected chi connectivity index (χ1v) is 34.4. The fraction of sp³-hybridized carbons (Fsp3) is 0.845. The summed E-state index contributed by atoms with van der Waals surface area (Å²) in [7, 11) is 0. The van der Waals surface area contributed by atoms with Crippen LogP contribution in [-0.2, 0) is 30.4 Å². The van der Waals surface area contributed by atoms with E-state index >= 15 is 0 Å². The fourth-order valence-electron chi connectivity index (χ4n) is 10.5. The molecule has 0 spiro atoms. The molecule has 1 aromatic rings. The van der Waals surface area contributed by atoms with Gasteiger partial charge in [0, 0.05) is 58.7 Å². The van der Waals surface area contributed by atoms with E-state index < -0.39 is 17.3 Å². The zero-order chi connectivity index (χ0) is 62.9. The van der Waals surface area contributed by atoms with Crippen molar-refractivity contribution in [2.45, 2.75) is 314 Å². The van der Waals surface area contributed by atoms with Crippen LogP contribution in [0.25, 0.3) is 0 Å². The molecule has 5 amide bonds. The molecule has 1 rings (SSSR count). The van der Waals surface area contributed by atoms with Crippen LogP contribution in [-0.4, -0.2) is 96.9 Å². The van der Waals surface area contributed by atoms with E-state index in [0.717, 1.165) is 127 Å². The molecule has 0 fully saturated rings. The lowest BCUT2D eigenvalue weighted by molar-refractivity contribution is -0.122. The van der Waals surface area contributed by atoms with Crippen LogP contribution in [0.5, 0.6) is 0 Å². The minimum Gasteiger partial charge on any atom is -0.445 e. The Kier molecular flexibility index (Phi) is 48.6. The van der Waals surface area contributed by atoms with Crippen molar-refractivity contribution in [2.24, 2.45) is 29.6 Å². The predicted octanol–water partition coefficient (Wildman–Crippen LogP) is 18.9. The summed E-state index contributed by atoms with van der Waals surface area (Å²) in [6.45, 7) is 34.5. The quantitative estimate of drug-likeness (QED) is 0.0430. The van der Waals surface area contributed by atoms with Gasteiger partial charge in [-0.25, -0.2) is 14.4 Å². The number of nitrogens with one attached hydrogen (secondary N) is 3. The summed E-state index contributed by atoms with van der Waals surface area (Å²) in [5.74, 6) is 3.69. The average molecular weight is 1180 g/mol. The number of hydrogen-bond donors (Lipinski definition) is 3. The minimum atomic E-state index is -0.473. The lowest BCUT2D eigenvalue weighted by Gasteiger charge is -2.27. The molecule has 13 heteroatoms. The Labute approximate surface area is 516 Å². The largest absolute Gasteiger partial charge is 0.445 e. The molecule has 3 N–H and O–H groups in total. The number of nitrogens with zero attached hydrogens (tertiary/aromatic N) is 2.